The van der Waals surface area contributed by atoms with Gasteiger partial charge in [0.2, 0.25) is 0 Å². The van der Waals surface area contributed by atoms with Crippen molar-refractivity contribution in [3.8, 4) is 0 Å². The van der Waals surface area contributed by atoms with E-state index in [0.29, 0.717) is 52.5 Å². The first-order valence-corrected chi connectivity index (χ1v) is 14.5. The molecule has 45 heavy (non-hydrogen) atoms. The molecule has 0 saturated heterocycles. The van der Waals surface area contributed by atoms with Crippen LogP contribution in [-0.2, 0) is 33.3 Å². The molecule has 240 valence electrons. The largest absolute Gasteiger partial charge is 0.469 e. The van der Waals surface area contributed by atoms with E-state index >= 15 is 0 Å². The minimum atomic E-state index is -1.30. The van der Waals surface area contributed by atoms with Gasteiger partial charge in [-0.25, -0.2) is 4.98 Å². The van der Waals surface area contributed by atoms with Gasteiger partial charge in [-0.05, 0) is 51.0 Å². The molecule has 0 aliphatic heterocycles. The third-order valence-electron chi connectivity index (χ3n) is 7.33. The van der Waals surface area contributed by atoms with Crippen LogP contribution in [0.3, 0.4) is 0 Å². The molecule has 2 aromatic carbocycles. The molecular formula is C33H41N5O7. The Hall–Kier alpha value is -4.52. The van der Waals surface area contributed by atoms with Gasteiger partial charge in [-0.15, -0.1) is 0 Å². The van der Waals surface area contributed by atoms with E-state index in [0.717, 1.165) is 5.56 Å². The number of carbonyl (C=O) groups excluding carboxylic acids is 2. The van der Waals surface area contributed by atoms with Crippen LogP contribution in [0.2, 0.25) is 0 Å². The van der Waals surface area contributed by atoms with Crippen molar-refractivity contribution in [2.75, 3.05) is 34.2 Å². The van der Waals surface area contributed by atoms with Gasteiger partial charge >= 0.3 is 11.9 Å². The Balaban J connectivity index is 1.96. The fraction of sp³-hybridized carbons (Fsp3) is 0.394. The number of nitrogens with zero attached hydrogens (tertiary/aromatic N) is 1. The van der Waals surface area contributed by atoms with Crippen molar-refractivity contribution in [2.24, 2.45) is 16.9 Å². The number of esters is 2. The van der Waals surface area contributed by atoms with Gasteiger partial charge in [0.25, 0.3) is 0 Å². The summed E-state index contributed by atoms with van der Waals surface area (Å²) in [4.78, 5) is 34.7. The van der Waals surface area contributed by atoms with Crippen molar-refractivity contribution in [3.63, 3.8) is 0 Å². The van der Waals surface area contributed by atoms with Crippen molar-refractivity contribution in [1.29, 1.82) is 5.41 Å². The lowest BCUT2D eigenvalue weighted by atomic mass is 9.67. The summed E-state index contributed by atoms with van der Waals surface area (Å²) in [5.74, 6) is -0.502. The summed E-state index contributed by atoms with van der Waals surface area (Å²) in [6.45, 7) is 5.83. The fourth-order valence-electron chi connectivity index (χ4n) is 5.16. The molecule has 0 fully saturated rings. The normalized spacial score (nSPS) is 17.5. The van der Waals surface area contributed by atoms with Crippen LogP contribution in [0, 0.1) is 10.8 Å². The second-order valence-electron chi connectivity index (χ2n) is 11.8. The number of methoxy groups -OCH3 is 2. The van der Waals surface area contributed by atoms with Gasteiger partial charge in [0.1, 0.15) is 29.1 Å². The van der Waals surface area contributed by atoms with E-state index in [-0.39, 0.29) is 25.5 Å². The zero-order valence-electron chi connectivity index (χ0n) is 26.3. The SMILES string of the molecule is COCCOCOC1=C(c2ccccc2)CC(CC(=O)OC)(C(N)C(=O)OC(C)(C)C)C=C1c1nc2cc(C(=N)N)ccc2[nH]1. The maximum Gasteiger partial charge on any atom is 0.324 e. The van der Waals surface area contributed by atoms with E-state index in [1.54, 1.807) is 52.2 Å². The highest BCUT2D eigenvalue weighted by atomic mass is 16.7. The highest BCUT2D eigenvalue weighted by Crippen LogP contribution is 2.49. The topological polar surface area (TPSA) is 185 Å². The molecule has 2 atom stereocenters. The number of allylic oxidation sites excluding steroid dienone is 2. The predicted octanol–water partition coefficient (Wildman–Crippen LogP) is 3.90. The fourth-order valence-corrected chi connectivity index (χ4v) is 5.16. The summed E-state index contributed by atoms with van der Waals surface area (Å²) in [6.07, 6.45) is 1.66. The minimum Gasteiger partial charge on any atom is -0.469 e. The number of rotatable bonds is 13. The lowest BCUT2D eigenvalue weighted by Crippen LogP contribution is -2.51. The minimum absolute atomic E-state index is 0.0951. The Morgan fingerprint density at radius 3 is 2.49 bits per heavy atom. The van der Waals surface area contributed by atoms with E-state index in [9.17, 15) is 9.59 Å². The van der Waals surface area contributed by atoms with E-state index in [2.05, 4.69) is 4.98 Å². The summed E-state index contributed by atoms with van der Waals surface area (Å²) in [5, 5.41) is 7.85. The molecular weight excluding hydrogens is 578 g/mol. The van der Waals surface area contributed by atoms with Crippen molar-refractivity contribution in [3.05, 3.63) is 77.3 Å². The second kappa shape index (κ2) is 14.1. The number of aromatic amines is 1. The van der Waals surface area contributed by atoms with Gasteiger partial charge < -0.3 is 40.1 Å². The lowest BCUT2D eigenvalue weighted by molar-refractivity contribution is -0.160. The highest BCUT2D eigenvalue weighted by Gasteiger charge is 2.48. The van der Waals surface area contributed by atoms with Gasteiger partial charge in [-0.2, -0.15) is 0 Å². The third kappa shape index (κ3) is 7.96. The maximum absolute atomic E-state index is 13.6. The van der Waals surface area contributed by atoms with Crippen LogP contribution in [0.1, 0.15) is 50.6 Å². The van der Waals surface area contributed by atoms with E-state index in [1.807, 2.05) is 30.3 Å². The van der Waals surface area contributed by atoms with Crippen LogP contribution in [0.4, 0.5) is 0 Å². The first-order chi connectivity index (χ1) is 21.4. The highest BCUT2D eigenvalue weighted by molar-refractivity contribution is 5.99. The Morgan fingerprint density at radius 1 is 1.11 bits per heavy atom. The molecule has 1 aromatic heterocycles. The first-order valence-electron chi connectivity index (χ1n) is 14.5. The molecule has 0 bridgehead atoms. The number of ether oxygens (including phenoxy) is 5. The molecule has 3 aromatic rings. The van der Waals surface area contributed by atoms with Crippen LogP contribution in [0.15, 0.2) is 60.4 Å². The van der Waals surface area contributed by atoms with Crippen LogP contribution >= 0.6 is 0 Å². The van der Waals surface area contributed by atoms with Crippen molar-refractivity contribution in [1.82, 2.24) is 9.97 Å². The molecule has 1 heterocycles. The van der Waals surface area contributed by atoms with E-state index in [1.165, 1.54) is 7.11 Å². The number of carbonyl (C=O) groups is 2. The molecule has 6 N–H and O–H groups in total. The van der Waals surface area contributed by atoms with Gasteiger partial charge in [-0.3, -0.25) is 15.0 Å². The predicted molar refractivity (Wildman–Crippen MR) is 170 cm³/mol. The van der Waals surface area contributed by atoms with Crippen LogP contribution < -0.4 is 11.5 Å². The summed E-state index contributed by atoms with van der Waals surface area (Å²) < 4.78 is 27.9. The maximum atomic E-state index is 13.6. The average molecular weight is 620 g/mol. The average Bonchev–Trinajstić information content (AvgIpc) is 3.44. The van der Waals surface area contributed by atoms with E-state index < -0.39 is 29.0 Å². The quantitative estimate of drug-likeness (QED) is 0.0719. The zero-order chi connectivity index (χ0) is 32.8. The number of hydrogen-bond acceptors (Lipinski definition) is 10. The number of nitrogen functional groups attached to an aromatic ring is 1. The van der Waals surface area contributed by atoms with Crippen LogP contribution in [-0.4, -0.2) is 73.6 Å². The first kappa shape index (κ1) is 33.4. The molecule has 1 aliphatic rings. The number of nitrogens with one attached hydrogen (secondary N) is 2. The molecule has 0 radical (unpaired) electrons. The lowest BCUT2D eigenvalue weighted by Gasteiger charge is -2.40. The summed E-state index contributed by atoms with van der Waals surface area (Å²) in [5.41, 5.74) is 14.0. The summed E-state index contributed by atoms with van der Waals surface area (Å²) in [7, 11) is 2.87. The number of H-pyrrole nitrogens is 1. The molecule has 4 rings (SSSR count). The standard InChI is InChI=1S/C33H41N5O7/c1-32(2,3)45-31(40)28(34)33(18-26(39)42-5)16-22(20-9-7-6-8-10-20)27(44-19-43-14-13-41-4)23(17-33)30-37-24-12-11-21(29(35)36)15-25(24)38-30/h6-12,15,17,28H,13-14,16,18-19,34H2,1-5H3,(H3,35,36)(H,37,38). The van der Waals surface area contributed by atoms with Crippen LogP contribution in [0.25, 0.3) is 22.2 Å². The van der Waals surface area contributed by atoms with Gasteiger partial charge in [0, 0.05) is 23.7 Å². The number of benzene rings is 2. The summed E-state index contributed by atoms with van der Waals surface area (Å²) >= 11 is 0. The van der Waals surface area contributed by atoms with Crippen LogP contribution in [0.5, 0.6) is 0 Å². The Kier molecular flexibility index (Phi) is 10.4. The number of nitrogens with two attached hydrogens (primary N) is 2. The molecule has 12 heteroatoms. The number of hydrogen-bond donors (Lipinski definition) is 4. The molecule has 12 nitrogen and oxygen atoms in total. The Bertz CT molecular complexity index is 1610. The molecule has 0 amide bonds. The smallest absolute Gasteiger partial charge is 0.324 e. The van der Waals surface area contributed by atoms with Gasteiger partial charge in [-0.1, -0.05) is 36.4 Å². The third-order valence-corrected chi connectivity index (χ3v) is 7.33. The second-order valence-corrected chi connectivity index (χ2v) is 11.8. The number of amidine groups is 1. The molecule has 0 saturated carbocycles. The van der Waals surface area contributed by atoms with Gasteiger partial charge in [0.15, 0.2) is 6.79 Å². The zero-order valence-corrected chi connectivity index (χ0v) is 26.3. The Labute approximate surface area is 262 Å². The van der Waals surface area contributed by atoms with Crippen molar-refractivity contribution in [2.45, 2.75) is 45.3 Å². The number of fused-ring (bicyclic) bond motifs is 1. The van der Waals surface area contributed by atoms with Crippen molar-refractivity contribution >= 4 is 40.0 Å². The summed E-state index contributed by atoms with van der Waals surface area (Å²) in [6, 6.07) is 13.4. The molecule has 1 aliphatic carbocycles. The van der Waals surface area contributed by atoms with E-state index in [4.69, 9.17) is 45.5 Å². The number of aromatic nitrogens is 2. The van der Waals surface area contributed by atoms with Gasteiger partial charge in [0.05, 0.1) is 43.4 Å². The monoisotopic (exact) mass is 619 g/mol. The van der Waals surface area contributed by atoms with Crippen molar-refractivity contribution < 1.29 is 33.3 Å². The molecule has 2 unspecified atom stereocenters. The number of imidazole rings is 1. The molecule has 0 spiro atoms. The Morgan fingerprint density at radius 2 is 1.84 bits per heavy atom.